The number of nitrogens with zero attached hydrogens (tertiary/aromatic N) is 1. The first-order chi connectivity index (χ1) is 9.24. The van der Waals surface area contributed by atoms with Crippen LogP contribution in [0, 0.1) is 11.8 Å². The summed E-state index contributed by atoms with van der Waals surface area (Å²) in [6.07, 6.45) is 6.05. The number of aliphatic hydroxyl groups is 1. The third kappa shape index (κ3) is 2.79. The van der Waals surface area contributed by atoms with Crippen molar-refractivity contribution < 1.29 is 5.11 Å². The zero-order valence-electron chi connectivity index (χ0n) is 11.9. The number of hydrogen-bond donors (Lipinski definition) is 1. The maximum atomic E-state index is 10.5. The largest absolute Gasteiger partial charge is 0.391 e. The van der Waals surface area contributed by atoms with E-state index >= 15 is 0 Å². The Morgan fingerprint density at radius 2 is 2.00 bits per heavy atom. The van der Waals surface area contributed by atoms with E-state index in [1.54, 1.807) is 0 Å². The zero-order valence-corrected chi connectivity index (χ0v) is 11.9. The number of rotatable bonds is 3. The molecule has 2 heteroatoms. The number of benzene rings is 1. The number of para-hydroxylation sites is 1. The van der Waals surface area contributed by atoms with E-state index in [0.717, 1.165) is 13.1 Å². The molecule has 1 aliphatic carbocycles. The molecule has 1 heterocycles. The first-order valence-electron chi connectivity index (χ1n) is 7.75. The van der Waals surface area contributed by atoms with Gasteiger partial charge in [-0.15, -0.1) is 0 Å². The van der Waals surface area contributed by atoms with Crippen molar-refractivity contribution in [3.63, 3.8) is 0 Å². The zero-order chi connectivity index (χ0) is 13.2. The van der Waals surface area contributed by atoms with Gasteiger partial charge in [0.15, 0.2) is 0 Å². The molecule has 0 radical (unpaired) electrons. The smallest absolute Gasteiger partial charge is 0.0743 e. The minimum atomic E-state index is -0.152. The fraction of sp³-hybridized carbons (Fsp3) is 0.647. The first-order valence-corrected chi connectivity index (χ1v) is 7.75. The van der Waals surface area contributed by atoms with Crippen LogP contribution in [-0.4, -0.2) is 24.3 Å². The Hall–Kier alpha value is -1.02. The van der Waals surface area contributed by atoms with Crippen LogP contribution in [0.4, 0.5) is 5.69 Å². The molecule has 1 N–H and O–H groups in total. The van der Waals surface area contributed by atoms with Gasteiger partial charge in [-0.25, -0.2) is 0 Å². The fourth-order valence-electron chi connectivity index (χ4n) is 3.80. The van der Waals surface area contributed by atoms with Crippen molar-refractivity contribution in [3.8, 4) is 0 Å². The van der Waals surface area contributed by atoms with Crippen molar-refractivity contribution in [3.05, 3.63) is 29.8 Å². The summed E-state index contributed by atoms with van der Waals surface area (Å²) in [6.45, 7) is 4.21. The van der Waals surface area contributed by atoms with Gasteiger partial charge in [-0.1, -0.05) is 38.0 Å². The molecule has 2 nitrogen and oxygen atoms in total. The Balaban J connectivity index is 1.73. The molecule has 2 atom stereocenters. The Labute approximate surface area is 116 Å². The summed E-state index contributed by atoms with van der Waals surface area (Å²) in [6, 6.07) is 8.69. The van der Waals surface area contributed by atoms with Crippen LogP contribution >= 0.6 is 0 Å². The molecule has 1 aromatic rings. The van der Waals surface area contributed by atoms with Crippen molar-refractivity contribution >= 4 is 5.69 Å². The number of hydrogen-bond acceptors (Lipinski definition) is 2. The lowest BCUT2D eigenvalue weighted by molar-refractivity contribution is 0.115. The average Bonchev–Trinajstić information content (AvgIpc) is 2.92. The maximum absolute atomic E-state index is 10.5. The van der Waals surface area contributed by atoms with Crippen molar-refractivity contribution in [1.82, 2.24) is 0 Å². The van der Waals surface area contributed by atoms with Crippen LogP contribution in [0.15, 0.2) is 24.3 Å². The van der Waals surface area contributed by atoms with E-state index in [1.807, 2.05) is 0 Å². The minimum absolute atomic E-state index is 0.152. The van der Waals surface area contributed by atoms with Crippen LogP contribution in [0.1, 0.15) is 38.2 Å². The monoisotopic (exact) mass is 259 g/mol. The highest BCUT2D eigenvalue weighted by Crippen LogP contribution is 2.32. The second-order valence-corrected chi connectivity index (χ2v) is 6.45. The van der Waals surface area contributed by atoms with Crippen molar-refractivity contribution in [2.45, 2.75) is 45.1 Å². The van der Waals surface area contributed by atoms with Crippen molar-refractivity contribution in [1.29, 1.82) is 0 Å². The third-order valence-electron chi connectivity index (χ3n) is 4.78. The van der Waals surface area contributed by atoms with Gasteiger partial charge in [-0.05, 0) is 42.7 Å². The summed E-state index contributed by atoms with van der Waals surface area (Å²) in [4.78, 5) is 2.41. The molecular weight excluding hydrogens is 234 g/mol. The standard InChI is InChI=1S/C17H25NO/c1-13-10-15-8-4-5-9-16(15)18(11-13)12-17(19)14-6-2-3-7-14/h4-5,8-9,13-14,17,19H,2-3,6-7,10-12H2,1H3. The minimum Gasteiger partial charge on any atom is -0.391 e. The van der Waals surface area contributed by atoms with E-state index in [9.17, 15) is 5.11 Å². The lowest BCUT2D eigenvalue weighted by atomic mass is 9.92. The highest BCUT2D eigenvalue weighted by atomic mass is 16.3. The topological polar surface area (TPSA) is 23.5 Å². The normalized spacial score (nSPS) is 25.4. The predicted molar refractivity (Wildman–Crippen MR) is 79.5 cm³/mol. The molecule has 19 heavy (non-hydrogen) atoms. The number of aliphatic hydroxyl groups excluding tert-OH is 1. The van der Waals surface area contributed by atoms with Gasteiger partial charge in [-0.2, -0.15) is 0 Å². The van der Waals surface area contributed by atoms with Gasteiger partial charge in [-0.3, -0.25) is 0 Å². The van der Waals surface area contributed by atoms with Gasteiger partial charge >= 0.3 is 0 Å². The third-order valence-corrected chi connectivity index (χ3v) is 4.78. The summed E-state index contributed by atoms with van der Waals surface area (Å²) >= 11 is 0. The summed E-state index contributed by atoms with van der Waals surface area (Å²) in [5, 5.41) is 10.5. The molecule has 104 valence electrons. The number of β-amino-alcohol motifs (C(OH)–C–C–N with tert-alkyl or cyclic N) is 1. The van der Waals surface area contributed by atoms with Gasteiger partial charge in [0.05, 0.1) is 6.10 Å². The van der Waals surface area contributed by atoms with E-state index in [4.69, 9.17) is 0 Å². The summed E-state index contributed by atoms with van der Waals surface area (Å²) in [5.74, 6) is 1.22. The molecule has 1 aliphatic heterocycles. The van der Waals surface area contributed by atoms with Crippen molar-refractivity contribution in [2.75, 3.05) is 18.0 Å². The number of fused-ring (bicyclic) bond motifs is 1. The Morgan fingerprint density at radius 1 is 1.26 bits per heavy atom. The molecule has 0 bridgehead atoms. The Bertz CT molecular complexity index is 425. The van der Waals surface area contributed by atoms with Gasteiger partial charge in [0, 0.05) is 18.8 Å². The van der Waals surface area contributed by atoms with Crippen LogP contribution in [0.25, 0.3) is 0 Å². The highest BCUT2D eigenvalue weighted by molar-refractivity contribution is 5.55. The van der Waals surface area contributed by atoms with E-state index < -0.39 is 0 Å². The maximum Gasteiger partial charge on any atom is 0.0743 e. The molecule has 0 saturated heterocycles. The van der Waals surface area contributed by atoms with Crippen LogP contribution in [0.3, 0.4) is 0 Å². The molecule has 0 aromatic heterocycles. The lowest BCUT2D eigenvalue weighted by Crippen LogP contribution is -2.41. The van der Waals surface area contributed by atoms with Gasteiger partial charge in [0.1, 0.15) is 0 Å². The SMILES string of the molecule is CC1Cc2ccccc2N(CC(O)C2CCCC2)C1. The molecule has 3 rings (SSSR count). The quantitative estimate of drug-likeness (QED) is 0.901. The first kappa shape index (κ1) is 13.0. The van der Waals surface area contributed by atoms with Gasteiger partial charge in [0.2, 0.25) is 0 Å². The molecule has 1 saturated carbocycles. The second kappa shape index (κ2) is 5.54. The van der Waals surface area contributed by atoms with Crippen LogP contribution < -0.4 is 4.90 Å². The highest BCUT2D eigenvalue weighted by Gasteiger charge is 2.28. The Kier molecular flexibility index (Phi) is 3.79. The predicted octanol–water partition coefficient (Wildman–Crippen LogP) is 3.24. The van der Waals surface area contributed by atoms with Crippen LogP contribution in [0.5, 0.6) is 0 Å². The molecule has 0 amide bonds. The molecule has 2 unspecified atom stereocenters. The molecule has 1 aromatic carbocycles. The van der Waals surface area contributed by atoms with Gasteiger partial charge in [0.25, 0.3) is 0 Å². The summed E-state index contributed by atoms with van der Waals surface area (Å²) in [7, 11) is 0. The Morgan fingerprint density at radius 3 is 2.79 bits per heavy atom. The molecule has 2 aliphatic rings. The molecule has 0 spiro atoms. The van der Waals surface area contributed by atoms with E-state index in [1.165, 1.54) is 43.4 Å². The summed E-state index contributed by atoms with van der Waals surface area (Å²) in [5.41, 5.74) is 2.79. The van der Waals surface area contributed by atoms with Crippen LogP contribution in [-0.2, 0) is 6.42 Å². The number of anilines is 1. The summed E-state index contributed by atoms with van der Waals surface area (Å²) < 4.78 is 0. The van der Waals surface area contributed by atoms with E-state index in [2.05, 4.69) is 36.1 Å². The lowest BCUT2D eigenvalue weighted by Gasteiger charge is -2.37. The van der Waals surface area contributed by atoms with E-state index in [0.29, 0.717) is 11.8 Å². The fourth-order valence-corrected chi connectivity index (χ4v) is 3.80. The van der Waals surface area contributed by atoms with Crippen LogP contribution in [0.2, 0.25) is 0 Å². The average molecular weight is 259 g/mol. The van der Waals surface area contributed by atoms with Gasteiger partial charge < -0.3 is 10.0 Å². The van der Waals surface area contributed by atoms with E-state index in [-0.39, 0.29) is 6.10 Å². The van der Waals surface area contributed by atoms with Crippen molar-refractivity contribution in [2.24, 2.45) is 11.8 Å². The molecular formula is C17H25NO. The molecule has 1 fully saturated rings. The second-order valence-electron chi connectivity index (χ2n) is 6.45.